The number of aromatic nitrogens is 2. The molecule has 0 aliphatic carbocycles. The number of morpholine rings is 1. The smallest absolute Gasteiger partial charge is 0.144 e. The average Bonchev–Trinajstić information content (AvgIpc) is 3.13. The molecule has 160 valence electrons. The highest BCUT2D eigenvalue weighted by atomic mass is 16.6. The van der Waals surface area contributed by atoms with E-state index in [0.717, 1.165) is 61.0 Å². The van der Waals surface area contributed by atoms with E-state index < -0.39 is 0 Å². The van der Waals surface area contributed by atoms with Crippen LogP contribution in [0.3, 0.4) is 0 Å². The van der Waals surface area contributed by atoms with Crippen molar-refractivity contribution < 1.29 is 14.6 Å². The third-order valence-corrected chi connectivity index (χ3v) is 5.99. The SMILES string of the molecule is Cc1nc2c(COCO)cc(N3CCOCC3)cc2n1Cc1ccc2ccccc2c1. The van der Waals surface area contributed by atoms with Gasteiger partial charge in [-0.15, -0.1) is 0 Å². The number of ether oxygens (including phenoxy) is 2. The predicted octanol–water partition coefficient (Wildman–Crippen LogP) is 3.85. The molecule has 1 aliphatic rings. The summed E-state index contributed by atoms with van der Waals surface area (Å²) in [7, 11) is 0. The number of aliphatic hydroxyl groups is 1. The van der Waals surface area contributed by atoms with Crippen LogP contribution in [0.15, 0.2) is 54.6 Å². The molecule has 5 rings (SSSR count). The summed E-state index contributed by atoms with van der Waals surface area (Å²) >= 11 is 0. The Morgan fingerprint density at radius 1 is 1.03 bits per heavy atom. The van der Waals surface area contributed by atoms with Crippen LogP contribution in [0.4, 0.5) is 5.69 Å². The van der Waals surface area contributed by atoms with Crippen LogP contribution in [0.1, 0.15) is 17.0 Å². The number of nitrogens with zero attached hydrogens (tertiary/aromatic N) is 3. The van der Waals surface area contributed by atoms with Gasteiger partial charge in [-0.25, -0.2) is 4.98 Å². The van der Waals surface area contributed by atoms with Crippen LogP contribution in [-0.4, -0.2) is 47.8 Å². The van der Waals surface area contributed by atoms with Gasteiger partial charge < -0.3 is 24.0 Å². The van der Waals surface area contributed by atoms with E-state index in [1.807, 2.05) is 6.92 Å². The van der Waals surface area contributed by atoms with E-state index in [4.69, 9.17) is 14.5 Å². The van der Waals surface area contributed by atoms with Gasteiger partial charge in [0.25, 0.3) is 0 Å². The third kappa shape index (κ3) is 4.02. The van der Waals surface area contributed by atoms with Gasteiger partial charge in [-0.1, -0.05) is 36.4 Å². The van der Waals surface area contributed by atoms with Gasteiger partial charge in [-0.3, -0.25) is 0 Å². The van der Waals surface area contributed by atoms with E-state index in [-0.39, 0.29) is 6.79 Å². The summed E-state index contributed by atoms with van der Waals surface area (Å²) in [5, 5.41) is 11.7. The molecule has 6 heteroatoms. The molecule has 1 aromatic heterocycles. The molecule has 0 atom stereocenters. The number of hydrogen-bond acceptors (Lipinski definition) is 5. The number of aryl methyl sites for hydroxylation is 1. The molecule has 4 aromatic rings. The Bertz CT molecular complexity index is 1210. The van der Waals surface area contributed by atoms with Crippen LogP contribution in [0.2, 0.25) is 0 Å². The zero-order valence-corrected chi connectivity index (χ0v) is 17.8. The molecule has 2 heterocycles. The molecule has 1 fully saturated rings. The predicted molar refractivity (Wildman–Crippen MR) is 122 cm³/mol. The van der Waals surface area contributed by atoms with Gasteiger partial charge in [0.1, 0.15) is 12.6 Å². The first-order valence-electron chi connectivity index (χ1n) is 10.7. The molecule has 0 spiro atoms. The lowest BCUT2D eigenvalue weighted by molar-refractivity contribution is -0.0108. The van der Waals surface area contributed by atoms with Crippen molar-refractivity contribution in [2.45, 2.75) is 20.1 Å². The quantitative estimate of drug-likeness (QED) is 0.483. The minimum atomic E-state index is -0.306. The summed E-state index contributed by atoms with van der Waals surface area (Å²) in [5.74, 6) is 0.965. The molecular formula is C25H27N3O3. The first-order chi connectivity index (χ1) is 15.2. The van der Waals surface area contributed by atoms with Gasteiger partial charge in [-0.05, 0) is 41.5 Å². The highest BCUT2D eigenvalue weighted by molar-refractivity contribution is 5.85. The number of benzene rings is 3. The lowest BCUT2D eigenvalue weighted by atomic mass is 10.1. The first kappa shape index (κ1) is 20.0. The van der Waals surface area contributed by atoms with Crippen molar-refractivity contribution in [2.24, 2.45) is 0 Å². The molecule has 0 saturated carbocycles. The third-order valence-electron chi connectivity index (χ3n) is 5.99. The Morgan fingerprint density at radius 3 is 2.65 bits per heavy atom. The average molecular weight is 418 g/mol. The monoisotopic (exact) mass is 417 g/mol. The molecule has 1 N–H and O–H groups in total. The van der Waals surface area contributed by atoms with Crippen LogP contribution in [0, 0.1) is 6.92 Å². The van der Waals surface area contributed by atoms with Gasteiger partial charge in [0.2, 0.25) is 0 Å². The van der Waals surface area contributed by atoms with Crippen molar-refractivity contribution in [1.29, 1.82) is 0 Å². The topological polar surface area (TPSA) is 59.8 Å². The minimum absolute atomic E-state index is 0.306. The minimum Gasteiger partial charge on any atom is -0.378 e. The molecule has 0 amide bonds. The summed E-state index contributed by atoms with van der Waals surface area (Å²) in [6, 6.07) is 19.4. The highest BCUT2D eigenvalue weighted by Crippen LogP contribution is 2.29. The maximum atomic E-state index is 9.18. The van der Waals surface area contributed by atoms with Gasteiger partial charge >= 0.3 is 0 Å². The largest absolute Gasteiger partial charge is 0.378 e. The molecule has 1 saturated heterocycles. The standard InChI is InChI=1S/C25H27N3O3/c1-18-26-25-22(16-31-17-29)13-23(27-8-10-30-11-9-27)14-24(25)28(18)15-19-6-7-20-4-2-3-5-21(20)12-19/h2-7,12-14,29H,8-11,15-17H2,1H3. The van der Waals surface area contributed by atoms with Gasteiger partial charge in [0, 0.05) is 30.9 Å². The van der Waals surface area contributed by atoms with Crippen LogP contribution < -0.4 is 4.90 Å². The van der Waals surface area contributed by atoms with Gasteiger partial charge in [0.15, 0.2) is 0 Å². The Morgan fingerprint density at radius 2 is 1.84 bits per heavy atom. The lowest BCUT2D eigenvalue weighted by Gasteiger charge is -2.29. The second-order valence-corrected chi connectivity index (χ2v) is 7.98. The molecule has 31 heavy (non-hydrogen) atoms. The molecule has 0 bridgehead atoms. The molecule has 3 aromatic carbocycles. The molecule has 0 radical (unpaired) electrons. The van der Waals surface area contributed by atoms with Crippen molar-refractivity contribution >= 4 is 27.5 Å². The second kappa shape index (κ2) is 8.67. The summed E-state index contributed by atoms with van der Waals surface area (Å²) in [6.45, 7) is 6.02. The first-order valence-corrected chi connectivity index (χ1v) is 10.7. The van der Waals surface area contributed by atoms with Crippen molar-refractivity contribution in [2.75, 3.05) is 38.0 Å². The number of aliphatic hydroxyl groups excluding tert-OH is 1. The van der Waals surface area contributed by atoms with Crippen molar-refractivity contribution in [3.63, 3.8) is 0 Å². The number of rotatable bonds is 6. The van der Waals surface area contributed by atoms with Crippen LogP contribution in [0.5, 0.6) is 0 Å². The number of anilines is 1. The lowest BCUT2D eigenvalue weighted by Crippen LogP contribution is -2.36. The Kier molecular flexibility index (Phi) is 5.59. The van der Waals surface area contributed by atoms with E-state index in [1.54, 1.807) is 0 Å². The molecule has 1 aliphatic heterocycles. The zero-order valence-electron chi connectivity index (χ0n) is 17.8. The van der Waals surface area contributed by atoms with E-state index >= 15 is 0 Å². The van der Waals surface area contributed by atoms with Crippen molar-refractivity contribution in [1.82, 2.24) is 9.55 Å². The fourth-order valence-electron chi connectivity index (χ4n) is 4.38. The fraction of sp³-hybridized carbons (Fsp3) is 0.320. The maximum absolute atomic E-state index is 9.18. The summed E-state index contributed by atoms with van der Waals surface area (Å²) < 4.78 is 13.1. The van der Waals surface area contributed by atoms with Crippen molar-refractivity contribution in [3.05, 3.63) is 71.5 Å². The number of fused-ring (bicyclic) bond motifs is 2. The van der Waals surface area contributed by atoms with Crippen LogP contribution >= 0.6 is 0 Å². The summed E-state index contributed by atoms with van der Waals surface area (Å²) in [5.41, 5.74) is 5.40. The van der Waals surface area contributed by atoms with Crippen LogP contribution in [0.25, 0.3) is 21.8 Å². The molecule has 6 nitrogen and oxygen atoms in total. The zero-order chi connectivity index (χ0) is 21.2. The Balaban J connectivity index is 1.58. The van der Waals surface area contributed by atoms with Crippen LogP contribution in [-0.2, 0) is 22.6 Å². The van der Waals surface area contributed by atoms with Crippen molar-refractivity contribution in [3.8, 4) is 0 Å². The summed E-state index contributed by atoms with van der Waals surface area (Å²) in [4.78, 5) is 7.21. The highest BCUT2D eigenvalue weighted by Gasteiger charge is 2.18. The van der Waals surface area contributed by atoms with E-state index in [2.05, 4.69) is 64.1 Å². The Labute approximate surface area is 181 Å². The maximum Gasteiger partial charge on any atom is 0.144 e. The molecular weight excluding hydrogens is 390 g/mol. The van der Waals surface area contributed by atoms with E-state index in [9.17, 15) is 5.11 Å². The number of hydrogen-bond donors (Lipinski definition) is 1. The fourth-order valence-corrected chi connectivity index (χ4v) is 4.38. The molecule has 0 unspecified atom stereocenters. The Hall–Kier alpha value is -2.93. The van der Waals surface area contributed by atoms with Gasteiger partial charge in [-0.2, -0.15) is 0 Å². The summed E-state index contributed by atoms with van der Waals surface area (Å²) in [6.07, 6.45) is 0. The van der Waals surface area contributed by atoms with E-state index in [1.165, 1.54) is 16.3 Å². The number of imidazole rings is 1. The van der Waals surface area contributed by atoms with Gasteiger partial charge in [0.05, 0.1) is 30.9 Å². The van der Waals surface area contributed by atoms with E-state index in [0.29, 0.717) is 6.61 Å². The second-order valence-electron chi connectivity index (χ2n) is 7.98. The normalized spacial score (nSPS) is 14.6.